The molecule has 0 aliphatic carbocycles. The van der Waals surface area contributed by atoms with Gasteiger partial charge >= 0.3 is 5.97 Å². The minimum atomic E-state index is -3.50. The molecule has 0 fully saturated rings. The Morgan fingerprint density at radius 1 is 1.19 bits per heavy atom. The summed E-state index contributed by atoms with van der Waals surface area (Å²) in [4.78, 5) is 37.9. The van der Waals surface area contributed by atoms with Gasteiger partial charge in [0.05, 0.1) is 17.0 Å². The molecule has 4 rings (SSSR count). The molecule has 0 unspecified atom stereocenters. The lowest BCUT2D eigenvalue weighted by Crippen LogP contribution is -2.37. The molecule has 11 nitrogen and oxygen atoms in total. The minimum Gasteiger partial charge on any atom is -0.454 e. The summed E-state index contributed by atoms with van der Waals surface area (Å²) in [7, 11) is -3.50. The van der Waals surface area contributed by atoms with E-state index in [1.54, 1.807) is 0 Å². The highest BCUT2D eigenvalue weighted by Crippen LogP contribution is 2.37. The third kappa shape index (κ3) is 4.43. The van der Waals surface area contributed by atoms with Gasteiger partial charge in [0.25, 0.3) is 15.9 Å². The maximum Gasteiger partial charge on any atom is 0.340 e. The molecular formula is C19H17N3O8S. The number of Topliss-reactive ketones (excluding diaryl/α,β-unsaturated/α-hetero) is 1. The smallest absolute Gasteiger partial charge is 0.340 e. The molecule has 0 spiro atoms. The summed E-state index contributed by atoms with van der Waals surface area (Å²) in [6.45, 7) is 0.921. The first-order valence-corrected chi connectivity index (χ1v) is 10.7. The van der Waals surface area contributed by atoms with E-state index in [1.165, 1.54) is 42.3 Å². The number of carbonyl (C=O) groups excluding carboxylic acids is 3. The van der Waals surface area contributed by atoms with Crippen LogP contribution in [0.3, 0.4) is 0 Å². The number of nitrogens with one attached hydrogen (secondary N) is 1. The number of rotatable bonds is 5. The summed E-state index contributed by atoms with van der Waals surface area (Å²) in [5.41, 5.74) is 0.581. The lowest BCUT2D eigenvalue weighted by molar-refractivity contribution is -0.143. The largest absolute Gasteiger partial charge is 0.454 e. The number of ketones is 1. The number of hydrogen-bond donors (Lipinski definition) is 1. The fourth-order valence-corrected chi connectivity index (χ4v) is 4.03. The molecule has 1 amide bonds. The quantitative estimate of drug-likeness (QED) is 0.507. The monoisotopic (exact) mass is 447 g/mol. The first-order chi connectivity index (χ1) is 14.7. The summed E-state index contributed by atoms with van der Waals surface area (Å²) >= 11 is 0. The predicted octanol–water partition coefficient (Wildman–Crippen LogP) is 0.597. The Morgan fingerprint density at radius 2 is 1.94 bits per heavy atom. The summed E-state index contributed by atoms with van der Waals surface area (Å²) in [6.07, 6.45) is 4.17. The molecule has 0 aromatic heterocycles. The van der Waals surface area contributed by atoms with Crippen molar-refractivity contribution in [1.82, 2.24) is 4.90 Å². The van der Waals surface area contributed by atoms with Crippen LogP contribution in [0.2, 0.25) is 0 Å². The third-order valence-corrected chi connectivity index (χ3v) is 5.72. The Balaban J connectivity index is 1.39. The number of anilines is 1. The van der Waals surface area contributed by atoms with Gasteiger partial charge in [0.15, 0.2) is 23.9 Å². The van der Waals surface area contributed by atoms with Gasteiger partial charge in [-0.2, -0.15) is 0 Å². The molecule has 0 saturated carbocycles. The van der Waals surface area contributed by atoms with E-state index in [2.05, 4.69) is 9.71 Å². The molecule has 1 aromatic rings. The van der Waals surface area contributed by atoms with Crippen LogP contribution in [0.5, 0.6) is 11.5 Å². The van der Waals surface area contributed by atoms with Crippen LogP contribution in [-0.2, 0) is 24.3 Å². The topological polar surface area (TPSA) is 141 Å². The van der Waals surface area contributed by atoms with Gasteiger partial charge in [-0.25, -0.2) is 13.2 Å². The molecule has 0 bridgehead atoms. The second-order valence-corrected chi connectivity index (χ2v) is 8.53. The standard InChI is InChI=1S/C19H17N3O8S/c1-11(23)13-6-15-16(30-10-29-15)7-14(13)20-18(24)9-28-19(25)12-2-3-17-21-31(26,27)5-4-22(17)8-12/h2-3,6-8H,4-5,9-10H2,1H3,(H,20,24). The van der Waals surface area contributed by atoms with E-state index in [0.29, 0.717) is 11.5 Å². The first kappa shape index (κ1) is 20.6. The van der Waals surface area contributed by atoms with E-state index in [4.69, 9.17) is 14.2 Å². The van der Waals surface area contributed by atoms with Gasteiger partial charge < -0.3 is 24.4 Å². The summed E-state index contributed by atoms with van der Waals surface area (Å²) < 4.78 is 42.2. The molecule has 0 radical (unpaired) electrons. The molecule has 3 heterocycles. The summed E-state index contributed by atoms with van der Waals surface area (Å²) in [5, 5.41) is 2.53. The highest BCUT2D eigenvalue weighted by molar-refractivity contribution is 7.90. The van der Waals surface area contributed by atoms with Gasteiger partial charge in [-0.15, -0.1) is 4.40 Å². The first-order valence-electron chi connectivity index (χ1n) is 9.12. The van der Waals surface area contributed by atoms with Crippen LogP contribution in [0.15, 0.2) is 40.5 Å². The van der Waals surface area contributed by atoms with E-state index in [1.807, 2.05) is 0 Å². The Morgan fingerprint density at radius 3 is 2.68 bits per heavy atom. The zero-order valence-corrected chi connectivity index (χ0v) is 17.1. The molecule has 3 aliphatic rings. The lowest BCUT2D eigenvalue weighted by Gasteiger charge is -2.26. The van der Waals surface area contributed by atoms with Crippen LogP contribution in [0.4, 0.5) is 5.69 Å². The number of amides is 1. The highest BCUT2D eigenvalue weighted by Gasteiger charge is 2.26. The minimum absolute atomic E-state index is 0.0136. The van der Waals surface area contributed by atoms with Gasteiger partial charge in [0, 0.05) is 24.4 Å². The Hall–Kier alpha value is -3.67. The number of esters is 1. The Labute approximate surface area is 177 Å². The molecular weight excluding hydrogens is 430 g/mol. The lowest BCUT2D eigenvalue weighted by atomic mass is 10.1. The van der Waals surface area contributed by atoms with Crippen molar-refractivity contribution in [1.29, 1.82) is 0 Å². The van der Waals surface area contributed by atoms with Gasteiger partial charge in [0.2, 0.25) is 6.79 Å². The van der Waals surface area contributed by atoms with Crippen molar-refractivity contribution in [2.24, 2.45) is 4.40 Å². The maximum atomic E-state index is 12.3. The van der Waals surface area contributed by atoms with Crippen molar-refractivity contribution in [2.45, 2.75) is 6.92 Å². The summed E-state index contributed by atoms with van der Waals surface area (Å²) in [6, 6.07) is 2.94. The second-order valence-electron chi connectivity index (χ2n) is 6.78. The fourth-order valence-electron chi connectivity index (χ4n) is 3.06. The molecule has 1 aromatic carbocycles. The van der Waals surface area contributed by atoms with Gasteiger partial charge in [-0.05, 0) is 25.1 Å². The number of fused-ring (bicyclic) bond motifs is 2. The average molecular weight is 447 g/mol. The number of amidine groups is 1. The van der Waals surface area contributed by atoms with Crippen LogP contribution in [-0.4, -0.2) is 62.5 Å². The van der Waals surface area contributed by atoms with Crippen molar-refractivity contribution in [2.75, 3.05) is 31.0 Å². The zero-order valence-electron chi connectivity index (χ0n) is 16.3. The fraction of sp³-hybridized carbons (Fsp3) is 0.263. The third-order valence-electron chi connectivity index (χ3n) is 4.56. The predicted molar refractivity (Wildman–Crippen MR) is 107 cm³/mol. The number of benzene rings is 1. The maximum absolute atomic E-state index is 12.3. The van der Waals surface area contributed by atoms with Crippen molar-refractivity contribution in [3.8, 4) is 11.5 Å². The van der Waals surface area contributed by atoms with Crippen LogP contribution in [0.25, 0.3) is 0 Å². The second kappa shape index (κ2) is 7.87. The molecule has 12 heteroatoms. The van der Waals surface area contributed by atoms with Crippen molar-refractivity contribution in [3.63, 3.8) is 0 Å². The van der Waals surface area contributed by atoms with Crippen LogP contribution < -0.4 is 14.8 Å². The van der Waals surface area contributed by atoms with Gasteiger partial charge in [0.1, 0.15) is 5.84 Å². The number of hydrogen-bond acceptors (Lipinski definition) is 9. The number of carbonyl (C=O) groups is 3. The molecule has 1 N–H and O–H groups in total. The van der Waals surface area contributed by atoms with Crippen LogP contribution >= 0.6 is 0 Å². The van der Waals surface area contributed by atoms with Crippen LogP contribution in [0.1, 0.15) is 17.3 Å². The van der Waals surface area contributed by atoms with E-state index >= 15 is 0 Å². The molecule has 31 heavy (non-hydrogen) atoms. The Bertz CT molecular complexity index is 1180. The van der Waals surface area contributed by atoms with Gasteiger partial charge in [-0.3, -0.25) is 9.59 Å². The molecule has 162 valence electrons. The Kier molecular flexibility index (Phi) is 5.23. The average Bonchev–Trinajstić information content (AvgIpc) is 3.17. The number of nitrogens with zero attached hydrogens (tertiary/aromatic N) is 2. The molecule has 0 saturated heterocycles. The SMILES string of the molecule is CC(=O)c1cc2c(cc1NC(=O)COC(=O)C1=CN3CCS(=O)(=O)N=C3C=C1)OCO2. The van der Waals surface area contributed by atoms with Crippen LogP contribution in [0, 0.1) is 0 Å². The zero-order chi connectivity index (χ0) is 22.2. The van der Waals surface area contributed by atoms with E-state index in [0.717, 1.165) is 0 Å². The van der Waals surface area contributed by atoms with E-state index in [9.17, 15) is 22.8 Å². The van der Waals surface area contributed by atoms with Gasteiger partial charge in [-0.1, -0.05) is 0 Å². The van der Waals surface area contributed by atoms with Crippen molar-refractivity contribution < 1.29 is 37.0 Å². The normalized spacial score (nSPS) is 17.9. The van der Waals surface area contributed by atoms with E-state index < -0.39 is 28.5 Å². The summed E-state index contributed by atoms with van der Waals surface area (Å²) in [5.74, 6) is -0.878. The number of ether oxygens (including phenoxy) is 3. The van der Waals surface area contributed by atoms with E-state index in [-0.39, 0.29) is 47.5 Å². The van der Waals surface area contributed by atoms with Crippen molar-refractivity contribution in [3.05, 3.63) is 41.6 Å². The van der Waals surface area contributed by atoms with Crippen molar-refractivity contribution >= 4 is 39.2 Å². The highest BCUT2D eigenvalue weighted by atomic mass is 32.2. The molecule has 0 atom stereocenters. The molecule has 3 aliphatic heterocycles. The number of sulfonamides is 1.